The molecule has 8 nitrogen and oxygen atoms in total. The number of hydrogen-bond acceptors (Lipinski definition) is 7. The van der Waals surface area contributed by atoms with Gasteiger partial charge in [0.25, 0.3) is 0 Å². The molecule has 1 fully saturated rings. The summed E-state index contributed by atoms with van der Waals surface area (Å²) in [6, 6.07) is 7.69. The number of carbonyl (C=O) groups excluding carboxylic acids is 2. The second-order valence-electron chi connectivity index (χ2n) is 7.95. The molecule has 2 heterocycles. The molecule has 2 aromatic rings. The van der Waals surface area contributed by atoms with Crippen molar-refractivity contribution in [3.8, 4) is 11.4 Å². The number of rotatable bonds is 4. The Morgan fingerprint density at radius 1 is 1.18 bits per heavy atom. The highest BCUT2D eigenvalue weighted by Crippen LogP contribution is 2.27. The van der Waals surface area contributed by atoms with E-state index in [9.17, 15) is 9.59 Å². The lowest BCUT2D eigenvalue weighted by Crippen LogP contribution is -2.39. The van der Waals surface area contributed by atoms with Gasteiger partial charge in [0.2, 0.25) is 11.7 Å². The third-order valence-corrected chi connectivity index (χ3v) is 4.38. The lowest BCUT2D eigenvalue weighted by atomic mass is 9.97. The molecule has 28 heavy (non-hydrogen) atoms. The van der Waals surface area contributed by atoms with Gasteiger partial charge in [-0.1, -0.05) is 5.16 Å². The van der Waals surface area contributed by atoms with Gasteiger partial charge in [-0.05, 0) is 57.9 Å². The Bertz CT molecular complexity index is 831. The van der Waals surface area contributed by atoms with Gasteiger partial charge in [0, 0.05) is 31.3 Å². The molecule has 150 valence electrons. The van der Waals surface area contributed by atoms with Crippen LogP contribution >= 0.6 is 0 Å². The first kappa shape index (κ1) is 19.9. The summed E-state index contributed by atoms with van der Waals surface area (Å²) in [6.45, 7) is 8.42. The fraction of sp³-hybridized carbons (Fsp3) is 0.500. The zero-order valence-corrected chi connectivity index (χ0v) is 16.7. The second-order valence-corrected chi connectivity index (χ2v) is 7.95. The van der Waals surface area contributed by atoms with Gasteiger partial charge in [-0.15, -0.1) is 0 Å². The van der Waals surface area contributed by atoms with Gasteiger partial charge < -0.3 is 19.5 Å². The number of aromatic nitrogens is 2. The SMILES string of the molecule is CC(=O)Nc1ccc(-c2noc(N3CCC(C(=O)OC(C)(C)C)CC3)n2)cc1. The summed E-state index contributed by atoms with van der Waals surface area (Å²) in [5, 5.41) is 6.77. The first-order chi connectivity index (χ1) is 13.2. The van der Waals surface area contributed by atoms with Crippen LogP contribution in [0.15, 0.2) is 28.8 Å². The molecule has 1 aliphatic heterocycles. The van der Waals surface area contributed by atoms with Crippen LogP contribution in [-0.4, -0.2) is 40.7 Å². The van der Waals surface area contributed by atoms with E-state index in [1.165, 1.54) is 6.92 Å². The Kier molecular flexibility index (Phi) is 5.67. The first-order valence-corrected chi connectivity index (χ1v) is 9.41. The summed E-state index contributed by atoms with van der Waals surface area (Å²) in [7, 11) is 0. The van der Waals surface area contributed by atoms with Gasteiger partial charge >= 0.3 is 12.0 Å². The molecular formula is C20H26N4O4. The third-order valence-electron chi connectivity index (χ3n) is 4.38. The van der Waals surface area contributed by atoms with Crippen LogP contribution in [0.3, 0.4) is 0 Å². The number of hydrogen-bond donors (Lipinski definition) is 1. The summed E-state index contributed by atoms with van der Waals surface area (Å²) in [4.78, 5) is 29.8. The lowest BCUT2D eigenvalue weighted by molar-refractivity contribution is -0.160. The number of carbonyl (C=O) groups is 2. The quantitative estimate of drug-likeness (QED) is 0.806. The largest absolute Gasteiger partial charge is 0.460 e. The molecule has 0 aliphatic carbocycles. The van der Waals surface area contributed by atoms with Gasteiger partial charge in [0.1, 0.15) is 5.60 Å². The predicted octanol–water partition coefficient (Wildman–Crippen LogP) is 3.25. The fourth-order valence-corrected chi connectivity index (χ4v) is 3.06. The average Bonchev–Trinajstić information content (AvgIpc) is 3.10. The van der Waals surface area contributed by atoms with Gasteiger partial charge in [-0.3, -0.25) is 9.59 Å². The standard InChI is InChI=1S/C20H26N4O4/c1-13(25)21-16-7-5-14(6-8-16)17-22-19(28-23-17)24-11-9-15(10-12-24)18(26)27-20(2,3)4/h5-8,15H,9-12H2,1-4H3,(H,21,25). The van der Waals surface area contributed by atoms with Crippen LogP contribution in [0.2, 0.25) is 0 Å². The summed E-state index contributed by atoms with van der Waals surface area (Å²) < 4.78 is 10.9. The van der Waals surface area contributed by atoms with E-state index in [-0.39, 0.29) is 17.8 Å². The number of benzene rings is 1. The van der Waals surface area contributed by atoms with Crippen molar-refractivity contribution in [2.24, 2.45) is 5.92 Å². The molecular weight excluding hydrogens is 360 g/mol. The van der Waals surface area contributed by atoms with E-state index in [0.717, 1.165) is 5.56 Å². The smallest absolute Gasteiger partial charge is 0.324 e. The molecule has 1 amide bonds. The number of amides is 1. The van der Waals surface area contributed by atoms with Crippen LogP contribution < -0.4 is 10.2 Å². The van der Waals surface area contributed by atoms with Crippen molar-refractivity contribution in [1.82, 2.24) is 10.1 Å². The fourth-order valence-electron chi connectivity index (χ4n) is 3.06. The maximum absolute atomic E-state index is 12.2. The van der Waals surface area contributed by atoms with Crippen molar-refractivity contribution in [3.63, 3.8) is 0 Å². The Labute approximate surface area is 164 Å². The minimum atomic E-state index is -0.467. The molecule has 1 saturated heterocycles. The highest BCUT2D eigenvalue weighted by atomic mass is 16.6. The topological polar surface area (TPSA) is 97.6 Å². The van der Waals surface area contributed by atoms with Gasteiger partial charge in [-0.2, -0.15) is 4.98 Å². The molecule has 0 atom stereocenters. The normalized spacial score (nSPS) is 15.4. The van der Waals surface area contributed by atoms with Crippen molar-refractivity contribution in [3.05, 3.63) is 24.3 Å². The number of piperidine rings is 1. The van der Waals surface area contributed by atoms with Crippen molar-refractivity contribution >= 4 is 23.6 Å². The van der Waals surface area contributed by atoms with Gasteiger partial charge in [0.05, 0.1) is 5.92 Å². The molecule has 0 saturated carbocycles. The molecule has 0 bridgehead atoms. The number of anilines is 2. The second kappa shape index (κ2) is 8.00. The van der Waals surface area contributed by atoms with E-state index in [1.54, 1.807) is 12.1 Å². The number of ether oxygens (including phenoxy) is 1. The van der Waals surface area contributed by atoms with E-state index in [0.29, 0.717) is 43.5 Å². The summed E-state index contributed by atoms with van der Waals surface area (Å²) in [5.74, 6) is 0.125. The molecule has 0 unspecified atom stereocenters. The van der Waals surface area contributed by atoms with Crippen molar-refractivity contribution in [2.45, 2.75) is 46.1 Å². The molecule has 1 N–H and O–H groups in total. The zero-order chi connectivity index (χ0) is 20.3. The molecule has 1 aromatic heterocycles. The van der Waals surface area contributed by atoms with E-state index < -0.39 is 5.60 Å². The lowest BCUT2D eigenvalue weighted by Gasteiger charge is -2.31. The van der Waals surface area contributed by atoms with Crippen LogP contribution in [-0.2, 0) is 14.3 Å². The van der Waals surface area contributed by atoms with E-state index >= 15 is 0 Å². The van der Waals surface area contributed by atoms with Crippen LogP contribution in [0.4, 0.5) is 11.7 Å². The summed E-state index contributed by atoms with van der Waals surface area (Å²) >= 11 is 0. The molecule has 8 heteroatoms. The molecule has 1 aromatic carbocycles. The van der Waals surface area contributed by atoms with E-state index in [2.05, 4.69) is 15.5 Å². The van der Waals surface area contributed by atoms with Crippen LogP contribution in [0.1, 0.15) is 40.5 Å². The van der Waals surface area contributed by atoms with E-state index in [1.807, 2.05) is 37.8 Å². The van der Waals surface area contributed by atoms with Crippen molar-refractivity contribution in [2.75, 3.05) is 23.3 Å². The highest BCUT2D eigenvalue weighted by molar-refractivity contribution is 5.88. The van der Waals surface area contributed by atoms with Crippen LogP contribution in [0.5, 0.6) is 0 Å². The molecule has 0 radical (unpaired) electrons. The number of esters is 1. The summed E-state index contributed by atoms with van der Waals surface area (Å²) in [5.41, 5.74) is 1.04. The minimum absolute atomic E-state index is 0.0980. The zero-order valence-electron chi connectivity index (χ0n) is 16.7. The monoisotopic (exact) mass is 386 g/mol. The Hall–Kier alpha value is -2.90. The van der Waals surface area contributed by atoms with Crippen molar-refractivity contribution in [1.29, 1.82) is 0 Å². The number of nitrogens with zero attached hydrogens (tertiary/aromatic N) is 3. The molecule has 1 aliphatic rings. The maximum Gasteiger partial charge on any atom is 0.324 e. The molecule has 3 rings (SSSR count). The van der Waals surface area contributed by atoms with E-state index in [4.69, 9.17) is 9.26 Å². The van der Waals surface area contributed by atoms with Gasteiger partial charge in [-0.25, -0.2) is 0 Å². The summed E-state index contributed by atoms with van der Waals surface area (Å²) in [6.07, 6.45) is 1.38. The maximum atomic E-state index is 12.2. The Morgan fingerprint density at radius 2 is 1.82 bits per heavy atom. The average molecular weight is 386 g/mol. The van der Waals surface area contributed by atoms with Crippen LogP contribution in [0, 0.1) is 5.92 Å². The van der Waals surface area contributed by atoms with Gasteiger partial charge in [0.15, 0.2) is 0 Å². The van der Waals surface area contributed by atoms with Crippen LogP contribution in [0.25, 0.3) is 11.4 Å². The van der Waals surface area contributed by atoms with Crippen molar-refractivity contribution < 1.29 is 18.8 Å². The minimum Gasteiger partial charge on any atom is -0.460 e. The predicted molar refractivity (Wildman–Crippen MR) is 105 cm³/mol. The Morgan fingerprint density at radius 3 is 2.39 bits per heavy atom. The first-order valence-electron chi connectivity index (χ1n) is 9.41. The Balaban J connectivity index is 1.59. The third kappa shape index (κ3) is 5.09. The molecule has 0 spiro atoms. The highest BCUT2D eigenvalue weighted by Gasteiger charge is 2.30. The number of nitrogens with one attached hydrogen (secondary N) is 1.